The summed E-state index contributed by atoms with van der Waals surface area (Å²) in [5.41, 5.74) is 2.02. The average molecular weight is 239 g/mol. The van der Waals surface area contributed by atoms with Crippen LogP contribution < -0.4 is 4.74 Å². The Morgan fingerprint density at radius 1 is 1.00 bits per heavy atom. The highest BCUT2D eigenvalue weighted by Crippen LogP contribution is 2.20. The number of aromatic nitrogens is 3. The fourth-order valence-electron chi connectivity index (χ4n) is 2.08. The maximum atomic E-state index is 5.16. The molecule has 0 aliphatic carbocycles. The van der Waals surface area contributed by atoms with Crippen molar-refractivity contribution in [3.8, 4) is 11.7 Å². The number of fused-ring (bicyclic) bond motifs is 1. The van der Waals surface area contributed by atoms with Crippen LogP contribution >= 0.6 is 0 Å². The van der Waals surface area contributed by atoms with Crippen molar-refractivity contribution in [3.05, 3.63) is 48.3 Å². The smallest absolute Gasteiger partial charge is 0.214 e. The second kappa shape index (κ2) is 4.14. The lowest BCUT2D eigenvalue weighted by Crippen LogP contribution is -2.00. The van der Waals surface area contributed by atoms with Gasteiger partial charge in [-0.05, 0) is 25.1 Å². The van der Waals surface area contributed by atoms with Gasteiger partial charge < -0.3 is 4.74 Å². The summed E-state index contributed by atoms with van der Waals surface area (Å²) in [7, 11) is 1.62. The van der Waals surface area contributed by atoms with Gasteiger partial charge in [0.15, 0.2) is 0 Å². The van der Waals surface area contributed by atoms with Gasteiger partial charge in [0.2, 0.25) is 5.88 Å². The number of ether oxygens (including phenoxy) is 1. The zero-order valence-electron chi connectivity index (χ0n) is 10.3. The monoisotopic (exact) mass is 239 g/mol. The van der Waals surface area contributed by atoms with E-state index < -0.39 is 0 Å². The Bertz CT molecular complexity index is 703. The van der Waals surface area contributed by atoms with Gasteiger partial charge in [-0.25, -0.2) is 4.98 Å². The van der Waals surface area contributed by atoms with Crippen molar-refractivity contribution >= 4 is 11.0 Å². The predicted molar refractivity (Wildman–Crippen MR) is 70.2 cm³/mol. The van der Waals surface area contributed by atoms with Crippen molar-refractivity contribution in [2.45, 2.75) is 6.92 Å². The summed E-state index contributed by atoms with van der Waals surface area (Å²) in [6, 6.07) is 13.7. The van der Waals surface area contributed by atoms with Crippen LogP contribution in [-0.4, -0.2) is 21.6 Å². The molecule has 3 rings (SSSR count). The first kappa shape index (κ1) is 10.8. The van der Waals surface area contributed by atoms with Crippen LogP contribution in [0.1, 0.15) is 5.82 Å². The van der Waals surface area contributed by atoms with E-state index in [0.29, 0.717) is 5.88 Å². The maximum Gasteiger partial charge on any atom is 0.214 e. The molecule has 0 amide bonds. The Morgan fingerprint density at radius 3 is 2.67 bits per heavy atom. The van der Waals surface area contributed by atoms with E-state index >= 15 is 0 Å². The number of hydrogen-bond acceptors (Lipinski definition) is 3. The number of nitrogens with zero attached hydrogens (tertiary/aromatic N) is 3. The van der Waals surface area contributed by atoms with E-state index in [1.54, 1.807) is 7.11 Å². The first-order chi connectivity index (χ1) is 8.79. The third-order valence-electron chi connectivity index (χ3n) is 2.88. The zero-order chi connectivity index (χ0) is 12.5. The lowest BCUT2D eigenvalue weighted by Gasteiger charge is -2.07. The van der Waals surface area contributed by atoms with Crippen LogP contribution in [0.15, 0.2) is 42.5 Å². The van der Waals surface area contributed by atoms with Crippen LogP contribution in [0.3, 0.4) is 0 Å². The molecule has 90 valence electrons. The summed E-state index contributed by atoms with van der Waals surface area (Å²) in [6.07, 6.45) is 0. The van der Waals surface area contributed by atoms with Crippen molar-refractivity contribution in [2.75, 3.05) is 7.11 Å². The van der Waals surface area contributed by atoms with Crippen LogP contribution in [0.5, 0.6) is 5.88 Å². The number of para-hydroxylation sites is 2. The molecule has 0 saturated heterocycles. The van der Waals surface area contributed by atoms with Gasteiger partial charge in [-0.3, -0.25) is 4.57 Å². The van der Waals surface area contributed by atoms with Gasteiger partial charge in [0.05, 0.1) is 18.1 Å². The maximum absolute atomic E-state index is 5.16. The molecular formula is C14H13N3O. The SMILES string of the molecule is COc1cccc(-n2c(C)nc3ccccc32)n1. The van der Waals surface area contributed by atoms with E-state index in [0.717, 1.165) is 22.7 Å². The largest absolute Gasteiger partial charge is 0.481 e. The van der Waals surface area contributed by atoms with Crippen LogP contribution in [0.4, 0.5) is 0 Å². The van der Waals surface area contributed by atoms with Crippen molar-refractivity contribution in [1.82, 2.24) is 14.5 Å². The molecule has 0 radical (unpaired) electrons. The van der Waals surface area contributed by atoms with Crippen LogP contribution in [0, 0.1) is 6.92 Å². The summed E-state index contributed by atoms with van der Waals surface area (Å²) >= 11 is 0. The van der Waals surface area contributed by atoms with Gasteiger partial charge in [0.1, 0.15) is 11.6 Å². The lowest BCUT2D eigenvalue weighted by molar-refractivity contribution is 0.397. The van der Waals surface area contributed by atoms with Gasteiger partial charge in [-0.2, -0.15) is 4.98 Å². The van der Waals surface area contributed by atoms with Crippen molar-refractivity contribution in [2.24, 2.45) is 0 Å². The summed E-state index contributed by atoms with van der Waals surface area (Å²) in [4.78, 5) is 8.97. The second-order valence-corrected chi connectivity index (χ2v) is 4.02. The molecule has 1 aromatic carbocycles. The summed E-state index contributed by atoms with van der Waals surface area (Å²) in [6.45, 7) is 1.97. The van der Waals surface area contributed by atoms with Crippen molar-refractivity contribution in [1.29, 1.82) is 0 Å². The minimum atomic E-state index is 0.602. The van der Waals surface area contributed by atoms with Crippen molar-refractivity contribution < 1.29 is 4.74 Å². The average Bonchev–Trinajstić information content (AvgIpc) is 2.74. The van der Waals surface area contributed by atoms with Crippen LogP contribution in [0.25, 0.3) is 16.9 Å². The normalized spacial score (nSPS) is 10.8. The molecule has 4 heteroatoms. The van der Waals surface area contributed by atoms with E-state index in [9.17, 15) is 0 Å². The number of methoxy groups -OCH3 is 1. The third kappa shape index (κ3) is 1.62. The first-order valence-corrected chi connectivity index (χ1v) is 5.75. The fraction of sp³-hybridized carbons (Fsp3) is 0.143. The van der Waals surface area contributed by atoms with Gasteiger partial charge in [-0.1, -0.05) is 18.2 Å². The minimum absolute atomic E-state index is 0.602. The number of aryl methyl sites for hydroxylation is 1. The molecule has 0 bridgehead atoms. The van der Waals surface area contributed by atoms with E-state index in [-0.39, 0.29) is 0 Å². The third-order valence-corrected chi connectivity index (χ3v) is 2.88. The molecule has 3 aromatic rings. The highest BCUT2D eigenvalue weighted by Gasteiger charge is 2.09. The number of hydrogen-bond donors (Lipinski definition) is 0. The Balaban J connectivity index is 2.27. The first-order valence-electron chi connectivity index (χ1n) is 5.75. The molecule has 0 N–H and O–H groups in total. The van der Waals surface area contributed by atoms with E-state index in [4.69, 9.17) is 4.74 Å². The van der Waals surface area contributed by atoms with Crippen LogP contribution in [-0.2, 0) is 0 Å². The van der Waals surface area contributed by atoms with E-state index in [1.807, 2.05) is 54.0 Å². The molecular weight excluding hydrogens is 226 g/mol. The van der Waals surface area contributed by atoms with Gasteiger partial charge in [-0.15, -0.1) is 0 Å². The van der Waals surface area contributed by atoms with Crippen molar-refractivity contribution in [3.63, 3.8) is 0 Å². The highest BCUT2D eigenvalue weighted by atomic mass is 16.5. The lowest BCUT2D eigenvalue weighted by atomic mass is 10.3. The molecule has 18 heavy (non-hydrogen) atoms. The Kier molecular flexibility index (Phi) is 2.48. The van der Waals surface area contributed by atoms with Gasteiger partial charge in [0.25, 0.3) is 0 Å². The number of imidazole rings is 1. The Morgan fingerprint density at radius 2 is 1.83 bits per heavy atom. The van der Waals surface area contributed by atoms with Gasteiger partial charge in [0, 0.05) is 6.07 Å². The molecule has 0 aliphatic rings. The summed E-state index contributed by atoms with van der Waals surface area (Å²) < 4.78 is 7.19. The molecule has 0 saturated carbocycles. The molecule has 0 fully saturated rings. The van der Waals surface area contributed by atoms with E-state index in [2.05, 4.69) is 9.97 Å². The Hall–Kier alpha value is -2.36. The molecule has 0 aliphatic heterocycles. The van der Waals surface area contributed by atoms with Crippen LogP contribution in [0.2, 0.25) is 0 Å². The highest BCUT2D eigenvalue weighted by molar-refractivity contribution is 5.77. The molecule has 0 atom stereocenters. The molecule has 2 heterocycles. The zero-order valence-corrected chi connectivity index (χ0v) is 10.3. The quantitative estimate of drug-likeness (QED) is 0.690. The summed E-state index contributed by atoms with van der Waals surface area (Å²) in [5, 5.41) is 0. The van der Waals surface area contributed by atoms with E-state index in [1.165, 1.54) is 0 Å². The predicted octanol–water partition coefficient (Wildman–Crippen LogP) is 2.74. The molecule has 4 nitrogen and oxygen atoms in total. The topological polar surface area (TPSA) is 39.9 Å². The number of benzene rings is 1. The summed E-state index contributed by atoms with van der Waals surface area (Å²) in [5.74, 6) is 2.34. The molecule has 0 unspecified atom stereocenters. The minimum Gasteiger partial charge on any atom is -0.481 e. The standard InChI is InChI=1S/C14H13N3O/c1-10-15-11-6-3-4-7-12(11)17(10)13-8-5-9-14(16-13)18-2/h3-9H,1-2H3. The fourth-order valence-corrected chi connectivity index (χ4v) is 2.08. The number of pyridine rings is 1. The van der Waals surface area contributed by atoms with Gasteiger partial charge >= 0.3 is 0 Å². The Labute approximate surface area is 105 Å². The number of rotatable bonds is 2. The molecule has 0 spiro atoms. The second-order valence-electron chi connectivity index (χ2n) is 4.02. The molecule has 2 aromatic heterocycles.